The van der Waals surface area contributed by atoms with Crippen molar-refractivity contribution in [3.05, 3.63) is 34.3 Å². The fourth-order valence-electron chi connectivity index (χ4n) is 2.98. The highest BCUT2D eigenvalue weighted by atomic mass is 35.5. The Bertz CT molecular complexity index is 429. The molecule has 1 saturated carbocycles. The third-order valence-electron chi connectivity index (χ3n) is 4.21. The number of hydrogen-bond donors (Lipinski definition) is 1. The van der Waals surface area contributed by atoms with Gasteiger partial charge in [0.1, 0.15) is 0 Å². The maximum absolute atomic E-state index is 6.26. The van der Waals surface area contributed by atoms with Crippen molar-refractivity contribution in [3.63, 3.8) is 0 Å². The Morgan fingerprint density at radius 2 is 2.10 bits per heavy atom. The van der Waals surface area contributed by atoms with Crippen molar-refractivity contribution >= 4 is 11.6 Å². The molecule has 1 aromatic rings. The van der Waals surface area contributed by atoms with Crippen LogP contribution in [0.3, 0.4) is 0 Å². The molecule has 0 amide bonds. The van der Waals surface area contributed by atoms with Gasteiger partial charge in [-0.1, -0.05) is 30.7 Å². The van der Waals surface area contributed by atoms with Gasteiger partial charge in [-0.05, 0) is 62.8 Å². The SMILES string of the molecule is CCNC(CC1CC(OCC)C1)c1ccc(C)c(Cl)c1. The quantitative estimate of drug-likeness (QED) is 0.799. The fraction of sp³-hybridized carbons (Fsp3) is 0.647. The van der Waals surface area contributed by atoms with Crippen LogP contribution in [0, 0.1) is 12.8 Å². The molecule has 2 rings (SSSR count). The summed E-state index contributed by atoms with van der Waals surface area (Å²) < 4.78 is 5.65. The normalized spacial score (nSPS) is 23.4. The second kappa shape index (κ2) is 7.44. The summed E-state index contributed by atoms with van der Waals surface area (Å²) >= 11 is 6.26. The molecule has 20 heavy (non-hydrogen) atoms. The third kappa shape index (κ3) is 3.97. The molecule has 112 valence electrons. The first kappa shape index (κ1) is 15.8. The lowest BCUT2D eigenvalue weighted by atomic mass is 9.77. The topological polar surface area (TPSA) is 21.3 Å². The van der Waals surface area contributed by atoms with Gasteiger partial charge in [0, 0.05) is 17.7 Å². The molecule has 0 radical (unpaired) electrons. The average Bonchev–Trinajstić information content (AvgIpc) is 2.38. The molecule has 1 aliphatic carbocycles. The van der Waals surface area contributed by atoms with E-state index in [1.54, 1.807) is 0 Å². The van der Waals surface area contributed by atoms with Gasteiger partial charge in [0.05, 0.1) is 6.10 Å². The first-order valence-electron chi connectivity index (χ1n) is 7.75. The molecule has 0 saturated heterocycles. The molecule has 0 spiro atoms. The van der Waals surface area contributed by atoms with Gasteiger partial charge in [-0.25, -0.2) is 0 Å². The molecule has 2 nitrogen and oxygen atoms in total. The second-order valence-electron chi connectivity index (χ2n) is 5.77. The van der Waals surface area contributed by atoms with Crippen molar-refractivity contribution in [2.75, 3.05) is 13.2 Å². The minimum Gasteiger partial charge on any atom is -0.378 e. The number of benzene rings is 1. The number of hydrogen-bond acceptors (Lipinski definition) is 2. The number of aryl methyl sites for hydroxylation is 1. The maximum Gasteiger partial charge on any atom is 0.0580 e. The van der Waals surface area contributed by atoms with Crippen LogP contribution in [0.4, 0.5) is 0 Å². The van der Waals surface area contributed by atoms with E-state index in [-0.39, 0.29) is 0 Å². The molecule has 3 heteroatoms. The minimum absolute atomic E-state index is 0.408. The summed E-state index contributed by atoms with van der Waals surface area (Å²) in [5, 5.41) is 4.46. The van der Waals surface area contributed by atoms with Gasteiger partial charge in [-0.15, -0.1) is 0 Å². The summed E-state index contributed by atoms with van der Waals surface area (Å²) in [5.41, 5.74) is 2.45. The van der Waals surface area contributed by atoms with Gasteiger partial charge in [0.15, 0.2) is 0 Å². The Balaban J connectivity index is 1.95. The van der Waals surface area contributed by atoms with Gasteiger partial charge in [0.2, 0.25) is 0 Å². The maximum atomic E-state index is 6.26. The zero-order chi connectivity index (χ0) is 14.5. The molecular weight excluding hydrogens is 270 g/mol. The smallest absolute Gasteiger partial charge is 0.0580 e. The van der Waals surface area contributed by atoms with Crippen LogP contribution >= 0.6 is 11.6 Å². The molecule has 1 unspecified atom stereocenters. The van der Waals surface area contributed by atoms with Crippen LogP contribution < -0.4 is 5.32 Å². The van der Waals surface area contributed by atoms with Crippen LogP contribution in [-0.4, -0.2) is 19.3 Å². The van der Waals surface area contributed by atoms with E-state index in [0.29, 0.717) is 12.1 Å². The zero-order valence-corrected chi connectivity index (χ0v) is 13.5. The van der Waals surface area contributed by atoms with E-state index in [4.69, 9.17) is 16.3 Å². The predicted molar refractivity (Wildman–Crippen MR) is 85.4 cm³/mol. The molecule has 0 bridgehead atoms. The second-order valence-corrected chi connectivity index (χ2v) is 6.18. The number of nitrogens with one attached hydrogen (secondary N) is 1. The first-order valence-corrected chi connectivity index (χ1v) is 8.12. The molecular formula is C17H26ClNO. The summed E-state index contributed by atoms with van der Waals surface area (Å²) in [6.45, 7) is 8.10. The molecule has 1 aliphatic rings. The van der Waals surface area contributed by atoms with Crippen molar-refractivity contribution in [1.29, 1.82) is 0 Å². The van der Waals surface area contributed by atoms with E-state index in [1.165, 1.54) is 24.8 Å². The van der Waals surface area contributed by atoms with E-state index in [2.05, 4.69) is 37.4 Å². The largest absolute Gasteiger partial charge is 0.378 e. The molecule has 1 fully saturated rings. The number of ether oxygens (including phenoxy) is 1. The molecule has 0 aliphatic heterocycles. The Kier molecular flexibility index (Phi) is 5.88. The van der Waals surface area contributed by atoms with Crippen LogP contribution in [-0.2, 0) is 4.74 Å². The highest BCUT2D eigenvalue weighted by molar-refractivity contribution is 6.31. The van der Waals surface area contributed by atoms with Gasteiger partial charge in [0.25, 0.3) is 0 Å². The summed E-state index contributed by atoms with van der Waals surface area (Å²) in [6.07, 6.45) is 4.08. The first-order chi connectivity index (χ1) is 9.63. The third-order valence-corrected chi connectivity index (χ3v) is 4.62. The van der Waals surface area contributed by atoms with Gasteiger partial charge in [-0.2, -0.15) is 0 Å². The Morgan fingerprint density at radius 3 is 2.70 bits per heavy atom. The lowest BCUT2D eigenvalue weighted by Gasteiger charge is -2.37. The van der Waals surface area contributed by atoms with E-state index in [1.807, 2.05) is 6.92 Å². The average molecular weight is 296 g/mol. The van der Waals surface area contributed by atoms with Gasteiger partial charge < -0.3 is 10.1 Å². The van der Waals surface area contributed by atoms with Crippen LogP contribution in [0.25, 0.3) is 0 Å². The molecule has 1 aromatic carbocycles. The van der Waals surface area contributed by atoms with Gasteiger partial charge in [-0.3, -0.25) is 0 Å². The molecule has 0 aromatic heterocycles. The van der Waals surface area contributed by atoms with E-state index >= 15 is 0 Å². The predicted octanol–water partition coefficient (Wildman–Crippen LogP) is 4.50. The summed E-state index contributed by atoms with van der Waals surface area (Å²) in [7, 11) is 0. The Labute approximate surface area is 127 Å². The van der Waals surface area contributed by atoms with Crippen molar-refractivity contribution in [1.82, 2.24) is 5.32 Å². The fourth-order valence-corrected chi connectivity index (χ4v) is 3.17. The van der Waals surface area contributed by atoms with E-state index in [9.17, 15) is 0 Å². The minimum atomic E-state index is 0.408. The van der Waals surface area contributed by atoms with E-state index in [0.717, 1.165) is 29.7 Å². The van der Waals surface area contributed by atoms with Crippen molar-refractivity contribution < 1.29 is 4.74 Å². The highest BCUT2D eigenvalue weighted by Gasteiger charge is 2.31. The highest BCUT2D eigenvalue weighted by Crippen LogP contribution is 2.37. The summed E-state index contributed by atoms with van der Waals surface area (Å²) in [4.78, 5) is 0. The molecule has 0 heterocycles. The zero-order valence-electron chi connectivity index (χ0n) is 12.8. The van der Waals surface area contributed by atoms with Crippen LogP contribution in [0.5, 0.6) is 0 Å². The van der Waals surface area contributed by atoms with Crippen molar-refractivity contribution in [2.45, 2.75) is 52.2 Å². The number of halogens is 1. The van der Waals surface area contributed by atoms with Crippen LogP contribution in [0.1, 0.15) is 50.3 Å². The van der Waals surface area contributed by atoms with E-state index < -0.39 is 0 Å². The summed E-state index contributed by atoms with van der Waals surface area (Å²) in [5.74, 6) is 0.774. The van der Waals surface area contributed by atoms with Gasteiger partial charge >= 0.3 is 0 Å². The lowest BCUT2D eigenvalue weighted by Crippen LogP contribution is -2.34. The summed E-state index contributed by atoms with van der Waals surface area (Å²) in [6, 6.07) is 6.84. The number of rotatable bonds is 7. The van der Waals surface area contributed by atoms with Crippen LogP contribution in [0.2, 0.25) is 5.02 Å². The van der Waals surface area contributed by atoms with Crippen molar-refractivity contribution in [3.8, 4) is 0 Å². The Morgan fingerprint density at radius 1 is 1.35 bits per heavy atom. The standard InChI is InChI=1S/C17H26ClNO/c1-4-19-17(10-13-8-15(9-13)20-5-2)14-7-6-12(3)16(18)11-14/h6-7,11,13,15,17,19H,4-5,8-10H2,1-3H3. The molecule has 1 N–H and O–H groups in total. The molecule has 1 atom stereocenters. The Hall–Kier alpha value is -0.570. The lowest BCUT2D eigenvalue weighted by molar-refractivity contribution is -0.0291. The monoisotopic (exact) mass is 295 g/mol. The van der Waals surface area contributed by atoms with Crippen LogP contribution in [0.15, 0.2) is 18.2 Å². The van der Waals surface area contributed by atoms with Crippen molar-refractivity contribution in [2.24, 2.45) is 5.92 Å².